The topological polar surface area (TPSA) is 39.1 Å². The highest BCUT2D eigenvalue weighted by atomic mass is 16.1. The van der Waals surface area contributed by atoms with Gasteiger partial charge in [0.1, 0.15) is 0 Å². The van der Waals surface area contributed by atoms with E-state index in [4.69, 9.17) is 0 Å². The lowest BCUT2D eigenvalue weighted by Gasteiger charge is -2.04. The summed E-state index contributed by atoms with van der Waals surface area (Å²) in [4.78, 5) is 22.5. The SMILES string of the molecule is CC(=O)c1ccc(=O)n(CC2CC2)c1.CC(C)C. The molecule has 1 aromatic rings. The summed E-state index contributed by atoms with van der Waals surface area (Å²) in [5.41, 5.74) is 0.604. The van der Waals surface area contributed by atoms with E-state index in [-0.39, 0.29) is 11.3 Å². The van der Waals surface area contributed by atoms with Gasteiger partial charge in [-0.3, -0.25) is 9.59 Å². The molecule has 0 aromatic carbocycles. The molecule has 0 bridgehead atoms. The number of pyridine rings is 1. The van der Waals surface area contributed by atoms with Gasteiger partial charge in [-0.05, 0) is 37.7 Å². The Morgan fingerprint density at radius 1 is 1.33 bits per heavy atom. The first-order chi connectivity index (χ1) is 8.40. The van der Waals surface area contributed by atoms with Crippen molar-refractivity contribution in [2.75, 3.05) is 0 Å². The van der Waals surface area contributed by atoms with E-state index in [0.29, 0.717) is 11.5 Å². The molecule has 0 atom stereocenters. The molecule has 0 unspecified atom stereocenters. The predicted octanol–water partition coefficient (Wildman–Crippen LogP) is 3.12. The van der Waals surface area contributed by atoms with Gasteiger partial charge in [-0.2, -0.15) is 0 Å². The van der Waals surface area contributed by atoms with Gasteiger partial charge in [-0.15, -0.1) is 0 Å². The van der Waals surface area contributed by atoms with Crippen molar-refractivity contribution in [2.45, 2.75) is 47.1 Å². The molecule has 0 radical (unpaired) electrons. The average molecular weight is 249 g/mol. The monoisotopic (exact) mass is 249 g/mol. The summed E-state index contributed by atoms with van der Waals surface area (Å²) in [7, 11) is 0. The lowest BCUT2D eigenvalue weighted by Crippen LogP contribution is -2.20. The Bertz CT molecular complexity index is 453. The van der Waals surface area contributed by atoms with E-state index < -0.39 is 0 Å². The van der Waals surface area contributed by atoms with Crippen molar-refractivity contribution < 1.29 is 4.79 Å². The van der Waals surface area contributed by atoms with Crippen LogP contribution in [-0.2, 0) is 6.54 Å². The Labute approximate surface area is 109 Å². The predicted molar refractivity (Wildman–Crippen MR) is 73.9 cm³/mol. The first kappa shape index (κ1) is 14.7. The van der Waals surface area contributed by atoms with E-state index >= 15 is 0 Å². The van der Waals surface area contributed by atoms with Crippen LogP contribution in [-0.4, -0.2) is 10.4 Å². The lowest BCUT2D eigenvalue weighted by atomic mass is 10.2. The minimum absolute atomic E-state index is 0.00884. The van der Waals surface area contributed by atoms with Gasteiger partial charge < -0.3 is 4.57 Å². The minimum Gasteiger partial charge on any atom is -0.315 e. The van der Waals surface area contributed by atoms with Crippen molar-refractivity contribution >= 4 is 5.78 Å². The highest BCUT2D eigenvalue weighted by Gasteiger charge is 2.22. The van der Waals surface area contributed by atoms with E-state index in [2.05, 4.69) is 20.8 Å². The van der Waals surface area contributed by atoms with E-state index in [1.165, 1.54) is 25.8 Å². The molecule has 1 aliphatic rings. The molecular weight excluding hydrogens is 226 g/mol. The van der Waals surface area contributed by atoms with Crippen LogP contribution >= 0.6 is 0 Å². The van der Waals surface area contributed by atoms with Gasteiger partial charge in [0, 0.05) is 24.4 Å². The third kappa shape index (κ3) is 5.30. The van der Waals surface area contributed by atoms with Crippen LogP contribution in [0.3, 0.4) is 0 Å². The van der Waals surface area contributed by atoms with E-state index in [1.54, 1.807) is 16.8 Å². The van der Waals surface area contributed by atoms with Crippen LogP contribution in [0.1, 0.15) is 50.9 Å². The molecule has 1 saturated carbocycles. The van der Waals surface area contributed by atoms with Crippen molar-refractivity contribution in [3.8, 4) is 0 Å². The molecule has 18 heavy (non-hydrogen) atoms. The van der Waals surface area contributed by atoms with Gasteiger partial charge in [-0.1, -0.05) is 20.8 Å². The second kappa shape index (κ2) is 6.53. The molecule has 1 aliphatic carbocycles. The first-order valence-electron chi connectivity index (χ1n) is 6.61. The van der Waals surface area contributed by atoms with Crippen molar-refractivity contribution in [1.82, 2.24) is 4.57 Å². The summed E-state index contributed by atoms with van der Waals surface area (Å²) >= 11 is 0. The third-order valence-electron chi connectivity index (χ3n) is 2.54. The standard InChI is InChI=1S/C11H13NO2.C4H10/c1-8(13)10-4-5-11(14)12(7-10)6-9-2-3-9;1-4(2)3/h4-5,7,9H,2-3,6H2,1H3;4H,1-3H3. The molecule has 0 amide bonds. The largest absolute Gasteiger partial charge is 0.315 e. The molecule has 100 valence electrons. The van der Waals surface area contributed by atoms with Gasteiger partial charge in [0.2, 0.25) is 0 Å². The summed E-state index contributed by atoms with van der Waals surface area (Å²) < 4.78 is 1.65. The molecule has 0 N–H and O–H groups in total. The minimum atomic E-state index is -0.0121. The molecule has 0 aliphatic heterocycles. The zero-order chi connectivity index (χ0) is 13.7. The third-order valence-corrected chi connectivity index (χ3v) is 2.54. The van der Waals surface area contributed by atoms with Gasteiger partial charge in [0.15, 0.2) is 5.78 Å². The van der Waals surface area contributed by atoms with Crippen molar-refractivity contribution in [1.29, 1.82) is 0 Å². The molecular formula is C15H23NO2. The van der Waals surface area contributed by atoms with Gasteiger partial charge in [-0.25, -0.2) is 0 Å². The number of Topliss-reactive ketones (excluding diaryl/α,β-unsaturated/α-hetero) is 1. The molecule has 0 saturated heterocycles. The Morgan fingerprint density at radius 3 is 2.33 bits per heavy atom. The maximum Gasteiger partial charge on any atom is 0.250 e. The van der Waals surface area contributed by atoms with Gasteiger partial charge >= 0.3 is 0 Å². The van der Waals surface area contributed by atoms with Crippen LogP contribution in [0, 0.1) is 11.8 Å². The Kier molecular flexibility index (Phi) is 5.32. The van der Waals surface area contributed by atoms with Crippen LogP contribution < -0.4 is 5.56 Å². The molecule has 1 heterocycles. The van der Waals surface area contributed by atoms with Crippen LogP contribution in [0.5, 0.6) is 0 Å². The van der Waals surface area contributed by atoms with E-state index in [1.807, 2.05) is 0 Å². The number of carbonyl (C=O) groups is 1. The highest BCUT2D eigenvalue weighted by Crippen LogP contribution is 2.30. The maximum absolute atomic E-state index is 11.4. The normalized spacial score (nSPS) is 14.1. The van der Waals surface area contributed by atoms with Gasteiger partial charge in [0.25, 0.3) is 5.56 Å². The number of carbonyl (C=O) groups excluding carboxylic acids is 1. The van der Waals surface area contributed by atoms with Crippen LogP contribution in [0.15, 0.2) is 23.1 Å². The summed E-state index contributed by atoms with van der Waals surface area (Å²) in [6.45, 7) is 8.78. The number of ketones is 1. The molecule has 3 nitrogen and oxygen atoms in total. The molecule has 0 spiro atoms. The zero-order valence-electron chi connectivity index (χ0n) is 11.8. The average Bonchev–Trinajstić information content (AvgIpc) is 3.04. The van der Waals surface area contributed by atoms with Crippen molar-refractivity contribution in [2.24, 2.45) is 11.8 Å². The second-order valence-electron chi connectivity index (χ2n) is 5.64. The number of aromatic nitrogens is 1. The summed E-state index contributed by atoms with van der Waals surface area (Å²) in [5.74, 6) is 1.49. The maximum atomic E-state index is 11.4. The Morgan fingerprint density at radius 2 is 1.89 bits per heavy atom. The molecule has 3 heteroatoms. The number of nitrogens with zero attached hydrogens (tertiary/aromatic N) is 1. The molecule has 1 fully saturated rings. The molecule has 1 aromatic heterocycles. The zero-order valence-corrected chi connectivity index (χ0v) is 11.8. The molecule has 2 rings (SSSR count). The van der Waals surface area contributed by atoms with Crippen LogP contribution in [0.2, 0.25) is 0 Å². The van der Waals surface area contributed by atoms with Crippen LogP contribution in [0.4, 0.5) is 0 Å². The van der Waals surface area contributed by atoms with E-state index in [0.717, 1.165) is 12.5 Å². The number of hydrogen-bond donors (Lipinski definition) is 0. The Balaban J connectivity index is 0.000000357. The van der Waals surface area contributed by atoms with Crippen LogP contribution in [0.25, 0.3) is 0 Å². The summed E-state index contributed by atoms with van der Waals surface area (Å²) in [6, 6.07) is 3.06. The van der Waals surface area contributed by atoms with Crippen molar-refractivity contribution in [3.63, 3.8) is 0 Å². The fourth-order valence-electron chi connectivity index (χ4n) is 1.46. The quantitative estimate of drug-likeness (QED) is 0.772. The smallest absolute Gasteiger partial charge is 0.250 e. The fourth-order valence-corrected chi connectivity index (χ4v) is 1.46. The second-order valence-corrected chi connectivity index (χ2v) is 5.64. The summed E-state index contributed by atoms with van der Waals surface area (Å²) in [6.07, 6.45) is 4.08. The highest BCUT2D eigenvalue weighted by molar-refractivity contribution is 5.93. The summed E-state index contributed by atoms with van der Waals surface area (Å²) in [5, 5.41) is 0. The fraction of sp³-hybridized carbons (Fsp3) is 0.600. The Hall–Kier alpha value is -1.38. The van der Waals surface area contributed by atoms with E-state index in [9.17, 15) is 9.59 Å². The van der Waals surface area contributed by atoms with Gasteiger partial charge in [0.05, 0.1) is 0 Å². The first-order valence-corrected chi connectivity index (χ1v) is 6.61. The number of hydrogen-bond acceptors (Lipinski definition) is 2. The lowest BCUT2D eigenvalue weighted by molar-refractivity contribution is 0.101. The number of rotatable bonds is 3. The van der Waals surface area contributed by atoms with Crippen molar-refractivity contribution in [3.05, 3.63) is 34.2 Å².